The van der Waals surface area contributed by atoms with E-state index in [-0.39, 0.29) is 6.42 Å². The van der Waals surface area contributed by atoms with E-state index < -0.39 is 5.97 Å². The Morgan fingerprint density at radius 3 is 2.81 bits per heavy atom. The van der Waals surface area contributed by atoms with Crippen molar-refractivity contribution in [2.24, 2.45) is 7.05 Å². The van der Waals surface area contributed by atoms with Gasteiger partial charge in [0.15, 0.2) is 0 Å². The summed E-state index contributed by atoms with van der Waals surface area (Å²) in [5, 5.41) is 15.9. The third kappa shape index (κ3) is 3.61. The minimum Gasteiger partial charge on any atom is -0.481 e. The topological polar surface area (TPSA) is 67.2 Å². The lowest BCUT2D eigenvalue weighted by atomic mass is 10.3. The van der Waals surface area contributed by atoms with E-state index in [0.717, 1.165) is 15.9 Å². The van der Waals surface area contributed by atoms with Crippen LogP contribution in [0.25, 0.3) is 0 Å². The molecule has 0 bridgehead atoms. The summed E-state index contributed by atoms with van der Waals surface area (Å²) in [6.45, 7) is 3.33. The summed E-state index contributed by atoms with van der Waals surface area (Å²) in [5.74, 6) is -0.751. The monoisotopic (exact) mass is 289 g/mol. The maximum Gasteiger partial charge on any atom is 0.303 e. The largest absolute Gasteiger partial charge is 0.481 e. The van der Waals surface area contributed by atoms with Gasteiger partial charge in [-0.25, -0.2) is 0 Å². The number of carboxylic acids is 1. The molecule has 0 radical (unpaired) electrons. The molecule has 0 saturated carbocycles. The highest BCUT2D eigenvalue weighted by molar-refractivity contribution is 9.10. The first-order valence-electron chi connectivity index (χ1n) is 5.13. The van der Waals surface area contributed by atoms with E-state index in [1.54, 1.807) is 0 Å². The molecule has 0 fully saturated rings. The third-order valence-electron chi connectivity index (χ3n) is 2.30. The first kappa shape index (κ1) is 13.2. The van der Waals surface area contributed by atoms with Crippen LogP contribution in [-0.2, 0) is 18.4 Å². The van der Waals surface area contributed by atoms with E-state index in [0.29, 0.717) is 19.5 Å². The molecule has 90 valence electrons. The number of aromatic nitrogens is 2. The Morgan fingerprint density at radius 1 is 1.62 bits per heavy atom. The van der Waals surface area contributed by atoms with Crippen LogP contribution in [0.1, 0.15) is 24.2 Å². The highest BCUT2D eigenvalue weighted by atomic mass is 79.9. The van der Waals surface area contributed by atoms with Crippen LogP contribution in [-0.4, -0.2) is 27.4 Å². The van der Waals surface area contributed by atoms with Gasteiger partial charge in [0, 0.05) is 20.0 Å². The van der Waals surface area contributed by atoms with Crippen LogP contribution in [0.5, 0.6) is 0 Å². The predicted molar refractivity (Wildman–Crippen MR) is 64.2 cm³/mol. The number of carboxylic acid groups (broad SMARTS) is 1. The number of carbonyl (C=O) groups is 1. The fourth-order valence-electron chi connectivity index (χ4n) is 1.44. The summed E-state index contributed by atoms with van der Waals surface area (Å²) in [5.41, 5.74) is 2.04. The van der Waals surface area contributed by atoms with Gasteiger partial charge in [-0.15, -0.1) is 0 Å². The summed E-state index contributed by atoms with van der Waals surface area (Å²) in [4.78, 5) is 10.3. The van der Waals surface area contributed by atoms with Gasteiger partial charge in [0.1, 0.15) is 0 Å². The number of hydrogen-bond acceptors (Lipinski definition) is 3. The third-order valence-corrected chi connectivity index (χ3v) is 3.33. The highest BCUT2D eigenvalue weighted by Crippen LogP contribution is 2.19. The number of aliphatic carboxylic acids is 1. The average molecular weight is 290 g/mol. The van der Waals surface area contributed by atoms with Crippen LogP contribution in [0, 0.1) is 6.92 Å². The lowest BCUT2D eigenvalue weighted by molar-refractivity contribution is -0.137. The summed E-state index contributed by atoms with van der Waals surface area (Å²) >= 11 is 3.48. The van der Waals surface area contributed by atoms with Crippen molar-refractivity contribution in [1.29, 1.82) is 0 Å². The number of nitrogens with one attached hydrogen (secondary N) is 1. The van der Waals surface area contributed by atoms with Crippen LogP contribution in [0.2, 0.25) is 0 Å². The molecular weight excluding hydrogens is 274 g/mol. The SMILES string of the molecule is Cc1nn(C)c(CNCCCC(=O)O)c1Br. The first-order chi connectivity index (χ1) is 7.52. The minimum absolute atomic E-state index is 0.207. The number of hydrogen-bond donors (Lipinski definition) is 2. The summed E-state index contributed by atoms with van der Waals surface area (Å²) < 4.78 is 2.84. The molecule has 0 spiro atoms. The average Bonchev–Trinajstić information content (AvgIpc) is 2.43. The van der Waals surface area contributed by atoms with Crippen molar-refractivity contribution >= 4 is 21.9 Å². The van der Waals surface area contributed by atoms with Crippen molar-refractivity contribution in [2.45, 2.75) is 26.3 Å². The molecule has 16 heavy (non-hydrogen) atoms. The van der Waals surface area contributed by atoms with Crippen molar-refractivity contribution in [3.8, 4) is 0 Å². The van der Waals surface area contributed by atoms with Crippen molar-refractivity contribution in [3.05, 3.63) is 15.9 Å². The second-order valence-corrected chi connectivity index (χ2v) is 4.44. The molecule has 0 aliphatic rings. The molecule has 0 aliphatic carbocycles. The van der Waals surface area contributed by atoms with E-state index >= 15 is 0 Å². The normalized spacial score (nSPS) is 10.7. The molecule has 6 heteroatoms. The van der Waals surface area contributed by atoms with Crippen molar-refractivity contribution in [1.82, 2.24) is 15.1 Å². The highest BCUT2D eigenvalue weighted by Gasteiger charge is 2.09. The summed E-state index contributed by atoms with van der Waals surface area (Å²) in [6.07, 6.45) is 0.850. The Morgan fingerprint density at radius 2 is 2.31 bits per heavy atom. The zero-order valence-electron chi connectivity index (χ0n) is 9.46. The van der Waals surface area contributed by atoms with Gasteiger partial charge in [0.25, 0.3) is 0 Å². The van der Waals surface area contributed by atoms with Gasteiger partial charge in [0.2, 0.25) is 0 Å². The maximum absolute atomic E-state index is 10.3. The maximum atomic E-state index is 10.3. The smallest absolute Gasteiger partial charge is 0.303 e. The standard InChI is InChI=1S/C10H16BrN3O2/c1-7-10(11)8(14(2)13-7)6-12-5-3-4-9(15)16/h12H,3-6H2,1-2H3,(H,15,16). The molecule has 5 nitrogen and oxygen atoms in total. The molecule has 1 rings (SSSR count). The number of nitrogens with zero attached hydrogens (tertiary/aromatic N) is 2. The molecule has 0 aromatic carbocycles. The zero-order chi connectivity index (χ0) is 12.1. The lowest BCUT2D eigenvalue weighted by Crippen LogP contribution is -2.18. The molecular formula is C10H16BrN3O2. The van der Waals surface area contributed by atoms with Crippen LogP contribution < -0.4 is 5.32 Å². The van der Waals surface area contributed by atoms with Gasteiger partial charge in [-0.3, -0.25) is 9.48 Å². The van der Waals surface area contributed by atoms with Gasteiger partial charge >= 0.3 is 5.97 Å². The Labute approximate surface area is 103 Å². The molecule has 0 saturated heterocycles. The van der Waals surface area contributed by atoms with E-state index in [2.05, 4.69) is 26.3 Å². The van der Waals surface area contributed by atoms with Crippen LogP contribution in [0.3, 0.4) is 0 Å². The second kappa shape index (κ2) is 6.00. The van der Waals surface area contributed by atoms with Crippen LogP contribution in [0.15, 0.2) is 4.47 Å². The quantitative estimate of drug-likeness (QED) is 0.778. The molecule has 0 amide bonds. The number of aryl methyl sites for hydroxylation is 2. The molecule has 0 aliphatic heterocycles. The van der Waals surface area contributed by atoms with E-state index in [1.165, 1.54) is 0 Å². The van der Waals surface area contributed by atoms with E-state index in [1.807, 2.05) is 18.7 Å². The molecule has 0 unspecified atom stereocenters. The van der Waals surface area contributed by atoms with Crippen LogP contribution in [0.4, 0.5) is 0 Å². The Kier molecular flexibility index (Phi) is 4.95. The summed E-state index contributed by atoms with van der Waals surface area (Å²) in [7, 11) is 1.89. The fourth-order valence-corrected chi connectivity index (χ4v) is 1.92. The fraction of sp³-hybridized carbons (Fsp3) is 0.600. The van der Waals surface area contributed by atoms with Gasteiger partial charge in [0.05, 0.1) is 15.9 Å². The predicted octanol–water partition coefficient (Wildman–Crippen LogP) is 1.45. The van der Waals surface area contributed by atoms with Gasteiger partial charge in [-0.05, 0) is 35.8 Å². The Balaban J connectivity index is 2.34. The van der Waals surface area contributed by atoms with E-state index in [9.17, 15) is 4.79 Å². The molecule has 1 aromatic rings. The number of halogens is 1. The molecule has 0 atom stereocenters. The van der Waals surface area contributed by atoms with E-state index in [4.69, 9.17) is 5.11 Å². The molecule has 2 N–H and O–H groups in total. The summed E-state index contributed by atoms with van der Waals surface area (Å²) in [6, 6.07) is 0. The minimum atomic E-state index is -0.751. The van der Waals surface area contributed by atoms with Crippen molar-refractivity contribution < 1.29 is 9.90 Å². The molecule has 1 aromatic heterocycles. The van der Waals surface area contributed by atoms with Gasteiger partial charge in [-0.2, -0.15) is 5.10 Å². The van der Waals surface area contributed by atoms with Crippen molar-refractivity contribution in [2.75, 3.05) is 6.54 Å². The van der Waals surface area contributed by atoms with Gasteiger partial charge < -0.3 is 10.4 Å². The Bertz CT molecular complexity index is 376. The number of rotatable bonds is 6. The zero-order valence-corrected chi connectivity index (χ0v) is 11.0. The Hall–Kier alpha value is -0.880. The second-order valence-electron chi connectivity index (χ2n) is 3.64. The lowest BCUT2D eigenvalue weighted by Gasteiger charge is -2.04. The van der Waals surface area contributed by atoms with Gasteiger partial charge in [-0.1, -0.05) is 0 Å². The first-order valence-corrected chi connectivity index (χ1v) is 5.92. The van der Waals surface area contributed by atoms with Crippen LogP contribution >= 0.6 is 15.9 Å². The molecule has 1 heterocycles. The van der Waals surface area contributed by atoms with Crippen molar-refractivity contribution in [3.63, 3.8) is 0 Å².